The van der Waals surface area contributed by atoms with Gasteiger partial charge in [-0.2, -0.15) is 0 Å². The molecule has 2 fully saturated rings. The Kier molecular flexibility index (Phi) is 23.4. The molecule has 12 unspecified atom stereocenters. The van der Waals surface area contributed by atoms with Crippen molar-refractivity contribution in [3.8, 4) is 0 Å². The minimum atomic E-state index is -1.77. The Morgan fingerprint density at radius 3 is 1.70 bits per heavy atom. The monoisotopic (exact) mass is 723 g/mol. The van der Waals surface area contributed by atoms with Gasteiger partial charge in [-0.05, 0) is 12.8 Å². The van der Waals surface area contributed by atoms with E-state index in [4.69, 9.17) is 18.9 Å². The maximum Gasteiger partial charge on any atom is 0.220 e. The van der Waals surface area contributed by atoms with E-state index in [-0.39, 0.29) is 12.5 Å². The molecule has 2 aliphatic heterocycles. The number of nitrogens with one attached hydrogen (secondary N) is 1. The van der Waals surface area contributed by atoms with Crippen LogP contribution in [0, 0.1) is 0 Å². The smallest absolute Gasteiger partial charge is 0.220 e. The molecule has 0 radical (unpaired) electrons. The molecule has 296 valence electrons. The molecule has 0 aromatic rings. The van der Waals surface area contributed by atoms with Crippen molar-refractivity contribution in [2.75, 3.05) is 19.8 Å². The van der Waals surface area contributed by atoms with Crippen molar-refractivity contribution in [2.24, 2.45) is 0 Å². The van der Waals surface area contributed by atoms with Gasteiger partial charge in [0, 0.05) is 6.42 Å². The van der Waals surface area contributed by atoms with Crippen LogP contribution >= 0.6 is 0 Å². The lowest BCUT2D eigenvalue weighted by molar-refractivity contribution is -0.359. The second-order valence-corrected chi connectivity index (χ2v) is 14.1. The third-order valence-corrected chi connectivity index (χ3v) is 9.82. The van der Waals surface area contributed by atoms with Gasteiger partial charge in [-0.1, -0.05) is 110 Å². The molecule has 50 heavy (non-hydrogen) atoms. The number of carbonyl (C=O) groups excluding carboxylic acids is 1. The van der Waals surface area contributed by atoms with Crippen molar-refractivity contribution in [1.29, 1.82) is 0 Å². The molecule has 14 nitrogen and oxygen atoms in total. The highest BCUT2D eigenvalue weighted by Gasteiger charge is 2.50. The number of amides is 1. The summed E-state index contributed by atoms with van der Waals surface area (Å²) >= 11 is 0. The number of hydrogen-bond donors (Lipinski definition) is 9. The van der Waals surface area contributed by atoms with Gasteiger partial charge in [0.1, 0.15) is 48.8 Å². The number of aliphatic hydroxyl groups is 8. The van der Waals surface area contributed by atoms with E-state index in [1.165, 1.54) is 51.4 Å². The van der Waals surface area contributed by atoms with Crippen LogP contribution in [0.5, 0.6) is 0 Å². The SMILES string of the molecule is CCCCCCCCCCCC(O)C(COC1OC(CO)C(OC2OC(CO)C(O)C(O)C2O)C(O)C1O)NC(=O)CCCCCCCCC. The van der Waals surface area contributed by atoms with Gasteiger partial charge >= 0.3 is 0 Å². The molecular formula is C36H69NO13. The van der Waals surface area contributed by atoms with Crippen LogP contribution in [0.15, 0.2) is 0 Å². The molecule has 14 heteroatoms. The van der Waals surface area contributed by atoms with E-state index >= 15 is 0 Å². The van der Waals surface area contributed by atoms with Gasteiger partial charge in [-0.3, -0.25) is 4.79 Å². The Labute approximate surface area is 298 Å². The van der Waals surface area contributed by atoms with Crippen LogP contribution in [0.3, 0.4) is 0 Å². The summed E-state index contributed by atoms with van der Waals surface area (Å²) in [6, 6.07) is -0.815. The Morgan fingerprint density at radius 2 is 1.14 bits per heavy atom. The van der Waals surface area contributed by atoms with E-state index in [9.17, 15) is 45.6 Å². The molecule has 0 saturated carbocycles. The number of aliphatic hydroxyl groups excluding tert-OH is 8. The first-order valence-corrected chi connectivity index (χ1v) is 19.3. The Morgan fingerprint density at radius 1 is 0.640 bits per heavy atom. The second kappa shape index (κ2) is 25.9. The predicted octanol–water partition coefficient (Wildman–Crippen LogP) is 1.53. The highest BCUT2D eigenvalue weighted by atomic mass is 16.7. The fourth-order valence-electron chi connectivity index (χ4n) is 6.53. The summed E-state index contributed by atoms with van der Waals surface area (Å²) in [7, 11) is 0. The molecule has 0 aromatic carbocycles. The second-order valence-electron chi connectivity index (χ2n) is 14.1. The minimum Gasteiger partial charge on any atom is -0.394 e. The van der Waals surface area contributed by atoms with Gasteiger partial charge in [0.2, 0.25) is 5.91 Å². The first kappa shape index (κ1) is 45.1. The van der Waals surface area contributed by atoms with Crippen LogP contribution in [0.25, 0.3) is 0 Å². The Balaban J connectivity index is 1.96. The average Bonchev–Trinajstić information content (AvgIpc) is 3.11. The zero-order valence-electron chi connectivity index (χ0n) is 30.4. The maximum absolute atomic E-state index is 12.9. The van der Waals surface area contributed by atoms with Crippen LogP contribution in [-0.4, -0.2) is 140 Å². The van der Waals surface area contributed by atoms with E-state index in [2.05, 4.69) is 19.2 Å². The highest BCUT2D eigenvalue weighted by Crippen LogP contribution is 2.30. The molecule has 2 heterocycles. The van der Waals surface area contributed by atoms with E-state index in [1.54, 1.807) is 0 Å². The third-order valence-electron chi connectivity index (χ3n) is 9.82. The molecule has 2 aliphatic rings. The van der Waals surface area contributed by atoms with Crippen molar-refractivity contribution >= 4 is 5.91 Å². The van der Waals surface area contributed by atoms with Crippen molar-refractivity contribution < 1.29 is 64.6 Å². The normalized spacial score (nSPS) is 31.4. The van der Waals surface area contributed by atoms with Crippen LogP contribution in [0.1, 0.15) is 129 Å². The lowest BCUT2D eigenvalue weighted by Crippen LogP contribution is -2.65. The minimum absolute atomic E-state index is 0.218. The number of unbranched alkanes of at least 4 members (excludes halogenated alkanes) is 14. The topological polar surface area (TPSA) is 228 Å². The first-order valence-electron chi connectivity index (χ1n) is 19.3. The van der Waals surface area contributed by atoms with Gasteiger partial charge in [0.25, 0.3) is 0 Å². The van der Waals surface area contributed by atoms with Crippen molar-refractivity contribution in [3.05, 3.63) is 0 Å². The van der Waals surface area contributed by atoms with Crippen LogP contribution in [-0.2, 0) is 23.7 Å². The zero-order chi connectivity index (χ0) is 36.9. The van der Waals surface area contributed by atoms with Crippen molar-refractivity contribution in [2.45, 2.75) is 203 Å². The summed E-state index contributed by atoms with van der Waals surface area (Å²) in [5.74, 6) is -0.218. The lowest BCUT2D eigenvalue weighted by atomic mass is 9.97. The van der Waals surface area contributed by atoms with E-state index < -0.39 is 86.8 Å². The predicted molar refractivity (Wildman–Crippen MR) is 185 cm³/mol. The summed E-state index contributed by atoms with van der Waals surface area (Å²) < 4.78 is 22.5. The number of carbonyl (C=O) groups is 1. The molecule has 2 rings (SSSR count). The summed E-state index contributed by atoms with van der Waals surface area (Å²) in [6.45, 7) is 2.72. The van der Waals surface area contributed by atoms with Gasteiger partial charge < -0.3 is 65.1 Å². The number of ether oxygens (including phenoxy) is 4. The van der Waals surface area contributed by atoms with Gasteiger partial charge in [-0.25, -0.2) is 0 Å². The average molecular weight is 724 g/mol. The van der Waals surface area contributed by atoms with Crippen molar-refractivity contribution in [1.82, 2.24) is 5.32 Å². The molecule has 9 N–H and O–H groups in total. The van der Waals surface area contributed by atoms with E-state index in [1.807, 2.05) is 0 Å². The van der Waals surface area contributed by atoms with Crippen LogP contribution < -0.4 is 5.32 Å². The van der Waals surface area contributed by atoms with Gasteiger partial charge in [0.15, 0.2) is 12.6 Å². The maximum atomic E-state index is 12.9. The summed E-state index contributed by atoms with van der Waals surface area (Å²) in [6.07, 6.45) is 1.65. The van der Waals surface area contributed by atoms with Crippen LogP contribution in [0.2, 0.25) is 0 Å². The third kappa shape index (κ3) is 15.5. The quantitative estimate of drug-likeness (QED) is 0.0549. The Hall–Kier alpha value is -1.01. The van der Waals surface area contributed by atoms with Crippen molar-refractivity contribution in [3.63, 3.8) is 0 Å². The fourth-order valence-corrected chi connectivity index (χ4v) is 6.53. The first-order chi connectivity index (χ1) is 24.1. The fraction of sp³-hybridized carbons (Fsp3) is 0.972. The molecular weight excluding hydrogens is 654 g/mol. The zero-order valence-corrected chi connectivity index (χ0v) is 30.4. The molecule has 0 aliphatic carbocycles. The molecule has 1 amide bonds. The highest BCUT2D eigenvalue weighted by molar-refractivity contribution is 5.76. The molecule has 12 atom stereocenters. The van der Waals surface area contributed by atoms with Crippen LogP contribution in [0.4, 0.5) is 0 Å². The van der Waals surface area contributed by atoms with E-state index in [0.29, 0.717) is 12.8 Å². The molecule has 0 spiro atoms. The summed E-state index contributed by atoms with van der Waals surface area (Å²) in [4.78, 5) is 12.9. The number of rotatable bonds is 27. The van der Waals surface area contributed by atoms with Gasteiger partial charge in [-0.15, -0.1) is 0 Å². The summed E-state index contributed by atoms with van der Waals surface area (Å²) in [5, 5.41) is 85.9. The lowest BCUT2D eigenvalue weighted by Gasteiger charge is -2.46. The summed E-state index contributed by atoms with van der Waals surface area (Å²) in [5.41, 5.74) is 0. The standard InChI is InChI=1S/C36H69NO13/c1-3-5-7-9-11-12-14-15-17-19-25(40)24(37-28(41)20-18-16-13-10-8-6-4-2)23-47-35-33(46)31(44)34(27(22-39)49-35)50-36-32(45)30(43)29(42)26(21-38)48-36/h24-27,29-36,38-40,42-46H,3-23H2,1-2H3,(H,37,41). The largest absolute Gasteiger partial charge is 0.394 e. The molecule has 2 saturated heterocycles. The van der Waals surface area contributed by atoms with E-state index in [0.717, 1.165) is 51.4 Å². The Bertz CT molecular complexity index is 868. The van der Waals surface area contributed by atoms with Gasteiger partial charge in [0.05, 0.1) is 32.0 Å². The molecule has 0 bridgehead atoms. The molecule has 0 aromatic heterocycles. The number of hydrogen-bond acceptors (Lipinski definition) is 13.